The lowest BCUT2D eigenvalue weighted by Gasteiger charge is -2.41. The van der Waals surface area contributed by atoms with Crippen molar-refractivity contribution >= 4 is 5.91 Å². The molecule has 3 saturated heterocycles. The third-order valence-corrected chi connectivity index (χ3v) is 6.98. The zero-order valence-electron chi connectivity index (χ0n) is 21.4. The highest BCUT2D eigenvalue weighted by molar-refractivity contribution is 5.87. The van der Waals surface area contributed by atoms with Crippen molar-refractivity contribution in [3.05, 3.63) is 36.0 Å². The van der Waals surface area contributed by atoms with Gasteiger partial charge in [-0.2, -0.15) is 13.2 Å². The van der Waals surface area contributed by atoms with Crippen LogP contribution in [0.4, 0.5) is 13.2 Å². The van der Waals surface area contributed by atoms with Crippen molar-refractivity contribution in [3.63, 3.8) is 0 Å². The molecule has 3 N–H and O–H groups in total. The number of carbonyl (C=O) groups is 1. The minimum atomic E-state index is -4.59. The first-order chi connectivity index (χ1) is 16.6. The van der Waals surface area contributed by atoms with E-state index in [1.165, 1.54) is 25.2 Å². The van der Waals surface area contributed by atoms with Crippen molar-refractivity contribution < 1.29 is 42.4 Å². The molecule has 0 aromatic rings. The summed E-state index contributed by atoms with van der Waals surface area (Å²) in [4.78, 5) is 12.0. The van der Waals surface area contributed by atoms with Crippen LogP contribution in [0, 0.1) is 5.92 Å². The van der Waals surface area contributed by atoms with Gasteiger partial charge in [-0.15, -0.1) is 0 Å². The number of nitrogens with one attached hydrogen (secondary N) is 1. The highest BCUT2D eigenvalue weighted by Gasteiger charge is 2.60. The summed E-state index contributed by atoms with van der Waals surface area (Å²) in [6, 6.07) is -0.293. The predicted octanol–water partition coefficient (Wildman–Crippen LogP) is 3.35. The van der Waals surface area contributed by atoms with Gasteiger partial charge in [0, 0.05) is 12.5 Å². The molecule has 3 rings (SSSR count). The van der Waals surface area contributed by atoms with Crippen LogP contribution in [0.3, 0.4) is 0 Å². The Balaban J connectivity index is 1.65. The molecule has 204 valence electrons. The summed E-state index contributed by atoms with van der Waals surface area (Å²) >= 11 is 0. The number of rotatable bonds is 7. The van der Waals surface area contributed by atoms with E-state index in [1.54, 1.807) is 6.92 Å². The van der Waals surface area contributed by atoms with E-state index in [4.69, 9.17) is 14.2 Å². The molecule has 3 aliphatic rings. The Hall–Kier alpha value is -1.72. The third kappa shape index (κ3) is 7.41. The van der Waals surface area contributed by atoms with Gasteiger partial charge in [0.2, 0.25) is 5.91 Å². The van der Waals surface area contributed by atoms with Crippen LogP contribution in [0.25, 0.3) is 0 Å². The highest BCUT2D eigenvalue weighted by Crippen LogP contribution is 2.46. The molecule has 7 nitrogen and oxygen atoms in total. The Bertz CT molecular complexity index is 877. The highest BCUT2D eigenvalue weighted by atomic mass is 19.4. The summed E-state index contributed by atoms with van der Waals surface area (Å²) in [5.41, 5.74) is -2.22. The zero-order chi connectivity index (χ0) is 26.9. The maximum atomic E-state index is 13.8. The fourth-order valence-corrected chi connectivity index (χ4v) is 5.00. The largest absolute Gasteiger partial charge is 0.416 e. The normalized spacial score (nSPS) is 38.0. The van der Waals surface area contributed by atoms with Crippen LogP contribution in [-0.4, -0.2) is 76.7 Å². The van der Waals surface area contributed by atoms with Crippen LogP contribution in [0.2, 0.25) is 0 Å². The number of allylic oxidation sites excluding steroid dienone is 2. The molecule has 0 aliphatic carbocycles. The molecule has 10 heteroatoms. The number of hydrogen-bond donors (Lipinski definition) is 3. The molecule has 0 aromatic heterocycles. The molecule has 0 aromatic carbocycles. The minimum absolute atomic E-state index is 0.0416. The van der Waals surface area contributed by atoms with Gasteiger partial charge >= 0.3 is 6.18 Å². The Morgan fingerprint density at radius 2 is 1.92 bits per heavy atom. The number of hydrogen-bond acceptors (Lipinski definition) is 6. The Kier molecular flexibility index (Phi) is 8.77. The SMILES string of the molecule is C[C@@H](O)C=CC(=O)N[C@@H]1C[C@H](C)[C@H](CC=C(C=C[C@H]2OC(C)(C)C[C@@]3(CO3)[C@@H]2O)C(F)(F)F)O[C@@H]1C. The van der Waals surface area contributed by atoms with Gasteiger partial charge in [0.25, 0.3) is 0 Å². The summed E-state index contributed by atoms with van der Waals surface area (Å²) in [6.07, 6.45) is -1.13. The lowest BCUT2D eigenvalue weighted by molar-refractivity contribution is -0.171. The Morgan fingerprint density at radius 1 is 1.25 bits per heavy atom. The van der Waals surface area contributed by atoms with Crippen molar-refractivity contribution in [2.24, 2.45) is 5.92 Å². The minimum Gasteiger partial charge on any atom is -0.389 e. The van der Waals surface area contributed by atoms with Crippen LogP contribution in [0.15, 0.2) is 36.0 Å². The molecule has 36 heavy (non-hydrogen) atoms. The predicted molar refractivity (Wildman–Crippen MR) is 127 cm³/mol. The molecule has 3 fully saturated rings. The molecule has 0 saturated carbocycles. The molecular weight excluding hydrogens is 479 g/mol. The van der Waals surface area contributed by atoms with Crippen molar-refractivity contribution in [2.45, 2.75) is 108 Å². The Labute approximate surface area is 210 Å². The van der Waals surface area contributed by atoms with Crippen molar-refractivity contribution in [1.82, 2.24) is 5.32 Å². The fraction of sp³-hybridized carbons (Fsp3) is 0.731. The van der Waals surface area contributed by atoms with Crippen LogP contribution in [0.1, 0.15) is 53.9 Å². The Morgan fingerprint density at radius 3 is 2.50 bits per heavy atom. The second-order valence-corrected chi connectivity index (χ2v) is 10.9. The van der Waals surface area contributed by atoms with Crippen LogP contribution in [-0.2, 0) is 19.0 Å². The fourth-order valence-electron chi connectivity index (χ4n) is 5.00. The first-order valence-corrected chi connectivity index (χ1v) is 12.4. The van der Waals surface area contributed by atoms with Gasteiger partial charge in [-0.05, 0) is 46.5 Å². The van der Waals surface area contributed by atoms with Gasteiger partial charge in [0.05, 0.1) is 42.1 Å². The average Bonchev–Trinajstić information content (AvgIpc) is 3.51. The zero-order valence-corrected chi connectivity index (χ0v) is 21.4. The molecule has 3 heterocycles. The molecule has 0 radical (unpaired) electrons. The van der Waals surface area contributed by atoms with E-state index in [1.807, 2.05) is 20.8 Å². The number of alkyl halides is 3. The standard InChI is InChI=1S/C26H38F3NO6/c1-15-12-19(30-22(32)11-6-16(2)31)17(3)35-20(15)9-7-18(26(27,28)29)8-10-21-23(33)25(14-34-25)13-24(4,5)36-21/h6-8,10-11,15-17,19-21,23,31,33H,9,12-14H2,1-5H3,(H,30,32)/t15-,16+,17+,19+,20-,21+,23+,25+/m0/s1. The maximum Gasteiger partial charge on any atom is 0.416 e. The topological polar surface area (TPSA) is 101 Å². The number of aliphatic hydroxyl groups excluding tert-OH is 2. The number of ether oxygens (including phenoxy) is 3. The number of aliphatic hydroxyl groups is 2. The lowest BCUT2D eigenvalue weighted by atomic mass is 9.83. The van der Waals surface area contributed by atoms with Crippen LogP contribution >= 0.6 is 0 Å². The first kappa shape index (κ1) is 28.8. The number of amides is 1. The van der Waals surface area contributed by atoms with E-state index in [2.05, 4.69) is 5.32 Å². The van der Waals surface area contributed by atoms with E-state index in [0.29, 0.717) is 19.4 Å². The van der Waals surface area contributed by atoms with Crippen LogP contribution in [0.5, 0.6) is 0 Å². The second-order valence-electron chi connectivity index (χ2n) is 10.9. The van der Waals surface area contributed by atoms with E-state index < -0.39 is 53.5 Å². The van der Waals surface area contributed by atoms with Gasteiger partial charge in [-0.25, -0.2) is 0 Å². The van der Waals surface area contributed by atoms with Crippen molar-refractivity contribution in [1.29, 1.82) is 0 Å². The van der Waals surface area contributed by atoms with Gasteiger partial charge in [-0.1, -0.05) is 31.2 Å². The van der Waals surface area contributed by atoms with E-state index in [9.17, 15) is 28.2 Å². The molecule has 8 atom stereocenters. The second kappa shape index (κ2) is 10.9. The molecule has 1 amide bonds. The van der Waals surface area contributed by atoms with Gasteiger partial charge in [0.15, 0.2) is 0 Å². The number of carbonyl (C=O) groups excluding carboxylic acids is 1. The average molecular weight is 518 g/mol. The number of epoxide rings is 1. The van der Waals surface area contributed by atoms with E-state index in [0.717, 1.165) is 12.2 Å². The molecule has 3 aliphatic heterocycles. The molecule has 1 spiro atoms. The summed E-state index contributed by atoms with van der Waals surface area (Å²) in [7, 11) is 0. The summed E-state index contributed by atoms with van der Waals surface area (Å²) in [5.74, 6) is -0.460. The van der Waals surface area contributed by atoms with Crippen LogP contribution < -0.4 is 5.32 Å². The van der Waals surface area contributed by atoms with Crippen molar-refractivity contribution in [2.75, 3.05) is 6.61 Å². The molecule has 0 unspecified atom stereocenters. The smallest absolute Gasteiger partial charge is 0.389 e. The molecular formula is C26H38F3NO6. The quantitative estimate of drug-likeness (QED) is 0.272. The van der Waals surface area contributed by atoms with E-state index in [-0.39, 0.29) is 24.3 Å². The summed E-state index contributed by atoms with van der Waals surface area (Å²) in [6.45, 7) is 9.19. The summed E-state index contributed by atoms with van der Waals surface area (Å²) < 4.78 is 58.6. The third-order valence-electron chi connectivity index (χ3n) is 6.98. The van der Waals surface area contributed by atoms with Gasteiger partial charge in [0.1, 0.15) is 17.8 Å². The lowest BCUT2D eigenvalue weighted by Crippen LogP contribution is -2.53. The maximum absolute atomic E-state index is 13.8. The van der Waals surface area contributed by atoms with E-state index >= 15 is 0 Å². The summed E-state index contributed by atoms with van der Waals surface area (Å²) in [5, 5.41) is 22.7. The van der Waals surface area contributed by atoms with Gasteiger partial charge in [-0.3, -0.25) is 4.79 Å². The van der Waals surface area contributed by atoms with Gasteiger partial charge < -0.3 is 29.7 Å². The monoisotopic (exact) mass is 517 g/mol. The van der Waals surface area contributed by atoms with Crippen molar-refractivity contribution in [3.8, 4) is 0 Å². The molecule has 0 bridgehead atoms. The first-order valence-electron chi connectivity index (χ1n) is 12.4. The number of halogens is 3.